The third-order valence-corrected chi connectivity index (χ3v) is 6.93. The summed E-state index contributed by atoms with van der Waals surface area (Å²) >= 11 is 5.98. The standard InChI is InChI=1S/C21H28ClNO2S/c1-20(2,3)16-26(24,25)23-13-12-18(21(4,5)15-23)10-6-8-17-9-7-11-19(22)14-17/h7,9-11,14H,12-13,15-16H2,1-5H3/b18-10+. The minimum absolute atomic E-state index is 0.170. The molecular formula is C21H28ClNO2S. The zero-order valence-corrected chi connectivity index (χ0v) is 17.8. The van der Waals surface area contributed by atoms with Crippen molar-refractivity contribution in [2.24, 2.45) is 10.8 Å². The van der Waals surface area contributed by atoms with Crippen molar-refractivity contribution >= 4 is 21.6 Å². The summed E-state index contributed by atoms with van der Waals surface area (Å²) in [6, 6.07) is 7.45. The van der Waals surface area contributed by atoms with Crippen LogP contribution < -0.4 is 0 Å². The van der Waals surface area contributed by atoms with Crippen molar-refractivity contribution in [2.75, 3.05) is 18.8 Å². The highest BCUT2D eigenvalue weighted by molar-refractivity contribution is 7.89. The maximum atomic E-state index is 12.7. The summed E-state index contributed by atoms with van der Waals surface area (Å²) in [5.41, 5.74) is 1.58. The Morgan fingerprint density at radius 2 is 2.00 bits per heavy atom. The van der Waals surface area contributed by atoms with Crippen LogP contribution in [-0.4, -0.2) is 31.6 Å². The number of allylic oxidation sites excluding steroid dienone is 1. The largest absolute Gasteiger partial charge is 0.214 e. The Labute approximate surface area is 163 Å². The summed E-state index contributed by atoms with van der Waals surface area (Å²) < 4.78 is 27.0. The molecule has 0 radical (unpaired) electrons. The topological polar surface area (TPSA) is 37.4 Å². The first kappa shape index (κ1) is 21.0. The summed E-state index contributed by atoms with van der Waals surface area (Å²) in [6.07, 6.45) is 2.65. The van der Waals surface area contributed by atoms with Crippen molar-refractivity contribution in [1.82, 2.24) is 4.31 Å². The van der Waals surface area contributed by atoms with Crippen LogP contribution in [0.3, 0.4) is 0 Å². The van der Waals surface area contributed by atoms with E-state index in [2.05, 4.69) is 25.7 Å². The molecule has 1 aromatic rings. The summed E-state index contributed by atoms with van der Waals surface area (Å²) in [5.74, 6) is 6.38. The quantitative estimate of drug-likeness (QED) is 0.681. The maximum absolute atomic E-state index is 12.7. The van der Waals surface area contributed by atoms with Gasteiger partial charge in [-0.3, -0.25) is 0 Å². The third-order valence-electron chi connectivity index (χ3n) is 4.37. The van der Waals surface area contributed by atoms with Crippen molar-refractivity contribution in [2.45, 2.75) is 41.0 Å². The molecule has 1 aliphatic rings. The van der Waals surface area contributed by atoms with Gasteiger partial charge in [0.1, 0.15) is 0 Å². The Morgan fingerprint density at radius 3 is 2.58 bits per heavy atom. The van der Waals surface area contributed by atoms with E-state index >= 15 is 0 Å². The number of hydrogen-bond donors (Lipinski definition) is 0. The SMILES string of the molecule is CC(C)(C)CS(=O)(=O)N1CC/C(=C\C#Cc2cccc(Cl)c2)C(C)(C)C1. The molecule has 0 aliphatic carbocycles. The average Bonchev–Trinajstić information content (AvgIpc) is 2.46. The molecule has 0 atom stereocenters. The molecule has 1 heterocycles. The molecule has 1 saturated heterocycles. The van der Waals surface area contributed by atoms with Crippen molar-refractivity contribution in [3.63, 3.8) is 0 Å². The number of nitrogens with zero attached hydrogens (tertiary/aromatic N) is 1. The van der Waals surface area contributed by atoms with Crippen LogP contribution in [0.4, 0.5) is 0 Å². The van der Waals surface area contributed by atoms with E-state index in [4.69, 9.17) is 11.6 Å². The fourth-order valence-corrected chi connectivity index (χ4v) is 5.48. The number of hydrogen-bond acceptors (Lipinski definition) is 2. The van der Waals surface area contributed by atoms with Gasteiger partial charge in [-0.05, 0) is 36.1 Å². The van der Waals surface area contributed by atoms with Crippen LogP contribution in [-0.2, 0) is 10.0 Å². The normalized spacial score (nSPS) is 19.8. The molecule has 142 valence electrons. The van der Waals surface area contributed by atoms with Gasteiger partial charge in [0.25, 0.3) is 0 Å². The molecular weight excluding hydrogens is 366 g/mol. The Morgan fingerprint density at radius 1 is 1.31 bits per heavy atom. The highest BCUT2D eigenvalue weighted by Gasteiger charge is 2.37. The lowest BCUT2D eigenvalue weighted by Gasteiger charge is -2.40. The van der Waals surface area contributed by atoms with E-state index in [1.54, 1.807) is 4.31 Å². The van der Waals surface area contributed by atoms with E-state index < -0.39 is 10.0 Å². The first-order valence-corrected chi connectivity index (χ1v) is 10.8. The maximum Gasteiger partial charge on any atom is 0.214 e. The molecule has 1 aromatic carbocycles. The zero-order chi connectivity index (χ0) is 19.6. The van der Waals surface area contributed by atoms with Crippen LogP contribution >= 0.6 is 11.6 Å². The Balaban J connectivity index is 2.14. The highest BCUT2D eigenvalue weighted by atomic mass is 35.5. The second kappa shape index (κ2) is 7.76. The van der Waals surface area contributed by atoms with Crippen LogP contribution in [0.2, 0.25) is 5.02 Å². The van der Waals surface area contributed by atoms with Gasteiger partial charge in [0.05, 0.1) is 5.75 Å². The molecule has 1 aliphatic heterocycles. The fourth-order valence-electron chi connectivity index (χ4n) is 3.12. The summed E-state index contributed by atoms with van der Waals surface area (Å²) in [7, 11) is -3.25. The van der Waals surface area contributed by atoms with Crippen molar-refractivity contribution < 1.29 is 8.42 Å². The number of benzene rings is 1. The Kier molecular flexibility index (Phi) is 6.28. The molecule has 0 unspecified atom stereocenters. The van der Waals surface area contributed by atoms with Crippen LogP contribution in [0.1, 0.15) is 46.6 Å². The molecule has 0 N–H and O–H groups in total. The number of piperidine rings is 1. The fraction of sp³-hybridized carbons (Fsp3) is 0.524. The van der Waals surface area contributed by atoms with Crippen LogP contribution in [0.25, 0.3) is 0 Å². The minimum Gasteiger partial charge on any atom is -0.212 e. The van der Waals surface area contributed by atoms with E-state index in [0.29, 0.717) is 24.5 Å². The zero-order valence-electron chi connectivity index (χ0n) is 16.3. The van der Waals surface area contributed by atoms with Crippen LogP contribution in [0.15, 0.2) is 35.9 Å². The predicted molar refractivity (Wildman–Crippen MR) is 110 cm³/mol. The molecule has 2 rings (SSSR count). The molecule has 0 spiro atoms. The van der Waals surface area contributed by atoms with E-state index in [0.717, 1.165) is 5.56 Å². The predicted octanol–water partition coefficient (Wildman–Crippen LogP) is 4.73. The van der Waals surface area contributed by atoms with Gasteiger partial charge in [0.2, 0.25) is 10.0 Å². The second-order valence-electron chi connectivity index (χ2n) is 8.73. The van der Waals surface area contributed by atoms with Crippen molar-refractivity contribution in [3.05, 3.63) is 46.5 Å². The number of rotatable bonds is 2. The molecule has 1 fully saturated rings. The minimum atomic E-state index is -3.25. The Bertz CT molecular complexity index is 852. The molecule has 0 saturated carbocycles. The lowest BCUT2D eigenvalue weighted by atomic mass is 9.79. The molecule has 0 bridgehead atoms. The van der Waals surface area contributed by atoms with Gasteiger partial charge < -0.3 is 0 Å². The van der Waals surface area contributed by atoms with E-state index in [1.807, 2.05) is 51.1 Å². The summed E-state index contributed by atoms with van der Waals surface area (Å²) in [5, 5.41) is 0.669. The van der Waals surface area contributed by atoms with Crippen LogP contribution in [0.5, 0.6) is 0 Å². The van der Waals surface area contributed by atoms with Gasteiger partial charge in [-0.1, -0.05) is 69.7 Å². The smallest absolute Gasteiger partial charge is 0.212 e. The van der Waals surface area contributed by atoms with Crippen molar-refractivity contribution in [3.8, 4) is 11.8 Å². The Hall–Kier alpha value is -1.28. The first-order chi connectivity index (χ1) is 11.9. The molecule has 0 amide bonds. The monoisotopic (exact) mass is 393 g/mol. The van der Waals surface area contributed by atoms with Gasteiger partial charge >= 0.3 is 0 Å². The van der Waals surface area contributed by atoms with Gasteiger partial charge in [-0.2, -0.15) is 0 Å². The second-order valence-corrected chi connectivity index (χ2v) is 11.1. The highest BCUT2D eigenvalue weighted by Crippen LogP contribution is 2.36. The molecule has 26 heavy (non-hydrogen) atoms. The summed E-state index contributed by atoms with van der Waals surface area (Å²) in [6.45, 7) is 11.0. The van der Waals surface area contributed by atoms with Crippen LogP contribution in [0, 0.1) is 22.7 Å². The molecule has 5 heteroatoms. The van der Waals surface area contributed by atoms with Crippen molar-refractivity contribution in [1.29, 1.82) is 0 Å². The molecule has 0 aromatic heterocycles. The first-order valence-electron chi connectivity index (χ1n) is 8.84. The lowest BCUT2D eigenvalue weighted by Crippen LogP contribution is -2.47. The lowest BCUT2D eigenvalue weighted by molar-refractivity contribution is 0.251. The van der Waals surface area contributed by atoms with E-state index in [9.17, 15) is 8.42 Å². The van der Waals surface area contributed by atoms with E-state index in [1.165, 1.54) is 5.57 Å². The third kappa shape index (κ3) is 5.87. The summed E-state index contributed by atoms with van der Waals surface area (Å²) in [4.78, 5) is 0. The van der Waals surface area contributed by atoms with Gasteiger partial charge in [-0.25, -0.2) is 12.7 Å². The van der Waals surface area contributed by atoms with E-state index in [-0.39, 0.29) is 16.6 Å². The average molecular weight is 394 g/mol. The molecule has 3 nitrogen and oxygen atoms in total. The number of sulfonamides is 1. The number of halogens is 1. The van der Waals surface area contributed by atoms with Gasteiger partial charge in [0, 0.05) is 29.1 Å². The van der Waals surface area contributed by atoms with Gasteiger partial charge in [-0.15, -0.1) is 0 Å². The van der Waals surface area contributed by atoms with Gasteiger partial charge in [0.15, 0.2) is 0 Å².